The lowest BCUT2D eigenvalue weighted by atomic mass is 10.1. The second-order valence-corrected chi connectivity index (χ2v) is 4.63. The zero-order valence-electron chi connectivity index (χ0n) is 12.0. The summed E-state index contributed by atoms with van der Waals surface area (Å²) in [6, 6.07) is 5.65. The van der Waals surface area contributed by atoms with Crippen LogP contribution in [-0.2, 0) is 11.3 Å². The molecule has 108 valence electrons. The number of imidazole rings is 1. The molecule has 0 spiro atoms. The lowest BCUT2D eigenvalue weighted by molar-refractivity contribution is -0.116. The second kappa shape index (κ2) is 7.27. The molecule has 0 saturated carbocycles. The third-order valence-electron chi connectivity index (χ3n) is 2.99. The molecular formula is C16H18N4O. The van der Waals surface area contributed by atoms with Crippen LogP contribution in [-0.4, -0.2) is 22.0 Å². The first-order valence-electron chi connectivity index (χ1n) is 6.74. The number of anilines is 1. The first kappa shape index (κ1) is 14.8. The minimum atomic E-state index is -0.0242. The SMILES string of the molecule is Cc1cc(NC(=O)CCn2ccnc2)ccc1C#CCN. The molecule has 2 aromatic rings. The lowest BCUT2D eigenvalue weighted by Gasteiger charge is -2.07. The van der Waals surface area contributed by atoms with Crippen LogP contribution in [0.1, 0.15) is 17.5 Å². The summed E-state index contributed by atoms with van der Waals surface area (Å²) in [5.74, 6) is 5.80. The molecule has 0 fully saturated rings. The Kier molecular flexibility index (Phi) is 5.13. The Hall–Kier alpha value is -2.58. The van der Waals surface area contributed by atoms with Crippen molar-refractivity contribution in [2.24, 2.45) is 5.73 Å². The summed E-state index contributed by atoms with van der Waals surface area (Å²) in [7, 11) is 0. The highest BCUT2D eigenvalue weighted by Gasteiger charge is 2.04. The molecule has 5 nitrogen and oxygen atoms in total. The van der Waals surface area contributed by atoms with Gasteiger partial charge in [-0.05, 0) is 30.7 Å². The number of benzene rings is 1. The molecule has 2 rings (SSSR count). The van der Waals surface area contributed by atoms with Gasteiger partial charge in [-0.1, -0.05) is 11.8 Å². The van der Waals surface area contributed by atoms with Gasteiger partial charge in [-0.3, -0.25) is 4.79 Å². The molecule has 0 radical (unpaired) electrons. The first-order chi connectivity index (χ1) is 10.2. The quantitative estimate of drug-likeness (QED) is 0.835. The maximum Gasteiger partial charge on any atom is 0.226 e. The summed E-state index contributed by atoms with van der Waals surface area (Å²) < 4.78 is 1.87. The number of aryl methyl sites for hydroxylation is 2. The minimum Gasteiger partial charge on any atom is -0.337 e. The largest absolute Gasteiger partial charge is 0.337 e. The molecule has 1 heterocycles. The molecule has 21 heavy (non-hydrogen) atoms. The van der Waals surface area contributed by atoms with Crippen molar-refractivity contribution in [3.63, 3.8) is 0 Å². The van der Waals surface area contributed by atoms with Crippen LogP contribution >= 0.6 is 0 Å². The number of hydrogen-bond donors (Lipinski definition) is 2. The third kappa shape index (κ3) is 4.48. The zero-order valence-corrected chi connectivity index (χ0v) is 12.0. The number of carbonyl (C=O) groups is 1. The second-order valence-electron chi connectivity index (χ2n) is 4.63. The van der Waals surface area contributed by atoms with E-state index >= 15 is 0 Å². The first-order valence-corrected chi connectivity index (χ1v) is 6.74. The maximum atomic E-state index is 11.9. The van der Waals surface area contributed by atoms with Crippen LogP contribution in [0.3, 0.4) is 0 Å². The summed E-state index contributed by atoms with van der Waals surface area (Å²) in [4.78, 5) is 15.8. The third-order valence-corrected chi connectivity index (χ3v) is 2.99. The number of rotatable bonds is 4. The van der Waals surface area contributed by atoms with E-state index in [1.807, 2.05) is 35.9 Å². The van der Waals surface area contributed by atoms with Gasteiger partial charge in [-0.25, -0.2) is 4.98 Å². The van der Waals surface area contributed by atoms with Gasteiger partial charge in [0.15, 0.2) is 0 Å². The van der Waals surface area contributed by atoms with Gasteiger partial charge in [0, 0.05) is 36.6 Å². The van der Waals surface area contributed by atoms with E-state index in [-0.39, 0.29) is 5.91 Å². The number of aromatic nitrogens is 2. The van der Waals surface area contributed by atoms with Crippen LogP contribution in [0.25, 0.3) is 0 Å². The molecule has 0 unspecified atom stereocenters. The van der Waals surface area contributed by atoms with Crippen molar-refractivity contribution in [2.45, 2.75) is 19.9 Å². The highest BCUT2D eigenvalue weighted by molar-refractivity contribution is 5.90. The number of hydrogen-bond acceptors (Lipinski definition) is 3. The molecule has 0 aliphatic carbocycles. The van der Waals surface area contributed by atoms with E-state index in [1.165, 1.54) is 0 Å². The van der Waals surface area contributed by atoms with Crippen LogP contribution < -0.4 is 11.1 Å². The van der Waals surface area contributed by atoms with E-state index in [1.54, 1.807) is 12.5 Å². The Balaban J connectivity index is 1.93. The molecule has 5 heteroatoms. The van der Waals surface area contributed by atoms with E-state index in [9.17, 15) is 4.79 Å². The van der Waals surface area contributed by atoms with E-state index < -0.39 is 0 Å². The van der Waals surface area contributed by atoms with Crippen molar-refractivity contribution in [3.05, 3.63) is 48.0 Å². The van der Waals surface area contributed by atoms with E-state index in [2.05, 4.69) is 22.1 Å². The van der Waals surface area contributed by atoms with Crippen molar-refractivity contribution in [3.8, 4) is 11.8 Å². The average Bonchev–Trinajstić information content (AvgIpc) is 2.98. The summed E-state index contributed by atoms with van der Waals surface area (Å²) in [6.45, 7) is 2.92. The topological polar surface area (TPSA) is 72.9 Å². The van der Waals surface area contributed by atoms with Crippen LogP contribution in [0.5, 0.6) is 0 Å². The number of amides is 1. The Morgan fingerprint density at radius 2 is 2.33 bits per heavy atom. The van der Waals surface area contributed by atoms with Gasteiger partial charge in [0.05, 0.1) is 12.9 Å². The highest BCUT2D eigenvalue weighted by Crippen LogP contribution is 2.14. The van der Waals surface area contributed by atoms with Gasteiger partial charge in [-0.2, -0.15) is 0 Å². The Morgan fingerprint density at radius 1 is 1.48 bits per heavy atom. The number of nitrogens with zero attached hydrogens (tertiary/aromatic N) is 2. The monoisotopic (exact) mass is 282 g/mol. The normalized spacial score (nSPS) is 9.81. The summed E-state index contributed by atoms with van der Waals surface area (Å²) >= 11 is 0. The summed E-state index contributed by atoms with van der Waals surface area (Å²) in [6.07, 6.45) is 5.64. The van der Waals surface area contributed by atoms with Crippen LogP contribution in [0.2, 0.25) is 0 Å². The molecular weight excluding hydrogens is 264 g/mol. The van der Waals surface area contributed by atoms with Gasteiger partial charge >= 0.3 is 0 Å². The van der Waals surface area contributed by atoms with Gasteiger partial charge < -0.3 is 15.6 Å². The summed E-state index contributed by atoms with van der Waals surface area (Å²) in [5, 5.41) is 2.88. The van der Waals surface area contributed by atoms with Crippen molar-refractivity contribution >= 4 is 11.6 Å². The fourth-order valence-electron chi connectivity index (χ4n) is 1.90. The highest BCUT2D eigenvalue weighted by atomic mass is 16.1. The van der Waals surface area contributed by atoms with E-state index in [0.717, 1.165) is 16.8 Å². The molecule has 1 aromatic heterocycles. The Labute approximate surface area is 124 Å². The fourth-order valence-corrected chi connectivity index (χ4v) is 1.90. The Bertz CT molecular complexity index is 665. The predicted molar refractivity (Wildman–Crippen MR) is 82.6 cm³/mol. The number of carbonyl (C=O) groups excluding carboxylic acids is 1. The predicted octanol–water partition coefficient (Wildman–Crippen LogP) is 1.53. The molecule has 0 bridgehead atoms. The maximum absolute atomic E-state index is 11.9. The minimum absolute atomic E-state index is 0.0242. The smallest absolute Gasteiger partial charge is 0.226 e. The Morgan fingerprint density at radius 3 is 3.00 bits per heavy atom. The number of nitrogens with one attached hydrogen (secondary N) is 1. The lowest BCUT2D eigenvalue weighted by Crippen LogP contribution is -2.14. The van der Waals surface area contributed by atoms with Crippen LogP contribution in [0.15, 0.2) is 36.9 Å². The van der Waals surface area contributed by atoms with Gasteiger partial charge in [0.2, 0.25) is 5.91 Å². The van der Waals surface area contributed by atoms with E-state index in [0.29, 0.717) is 19.5 Å². The van der Waals surface area contributed by atoms with Crippen molar-refractivity contribution < 1.29 is 4.79 Å². The van der Waals surface area contributed by atoms with Crippen molar-refractivity contribution in [1.82, 2.24) is 9.55 Å². The zero-order chi connectivity index (χ0) is 15.1. The molecule has 0 aliphatic heterocycles. The molecule has 1 aromatic carbocycles. The molecule has 0 saturated heterocycles. The van der Waals surface area contributed by atoms with Crippen LogP contribution in [0.4, 0.5) is 5.69 Å². The molecule has 0 atom stereocenters. The van der Waals surface area contributed by atoms with Crippen molar-refractivity contribution in [2.75, 3.05) is 11.9 Å². The average molecular weight is 282 g/mol. The van der Waals surface area contributed by atoms with Gasteiger partial charge in [0.1, 0.15) is 0 Å². The molecule has 0 aliphatic rings. The summed E-state index contributed by atoms with van der Waals surface area (Å²) in [5.41, 5.74) is 8.08. The van der Waals surface area contributed by atoms with E-state index in [4.69, 9.17) is 5.73 Å². The fraction of sp³-hybridized carbons (Fsp3) is 0.250. The van der Waals surface area contributed by atoms with Gasteiger partial charge in [0.25, 0.3) is 0 Å². The standard InChI is InChI=1S/C16H18N4O/c1-13-11-15(5-4-14(13)3-2-7-17)19-16(21)6-9-20-10-8-18-12-20/h4-5,8,10-12H,6-7,9,17H2,1H3,(H,19,21). The van der Waals surface area contributed by atoms with Gasteiger partial charge in [-0.15, -0.1) is 0 Å². The molecule has 3 N–H and O–H groups in total. The van der Waals surface area contributed by atoms with Crippen molar-refractivity contribution in [1.29, 1.82) is 0 Å². The molecule has 1 amide bonds. The number of nitrogens with two attached hydrogens (primary N) is 1. The van der Waals surface area contributed by atoms with Crippen LogP contribution in [0, 0.1) is 18.8 Å².